The van der Waals surface area contributed by atoms with Crippen molar-refractivity contribution in [2.75, 3.05) is 39.3 Å². The summed E-state index contributed by atoms with van der Waals surface area (Å²) >= 11 is 0. The molecule has 3 rings (SSSR count). The molecule has 0 atom stereocenters. The van der Waals surface area contributed by atoms with E-state index >= 15 is 0 Å². The van der Waals surface area contributed by atoms with Crippen molar-refractivity contribution in [2.45, 2.75) is 45.8 Å². The Labute approximate surface area is 157 Å². The maximum Gasteiger partial charge on any atom is 0.309 e. The third kappa shape index (κ3) is 5.53. The van der Waals surface area contributed by atoms with E-state index in [2.05, 4.69) is 45.2 Å². The molecule has 0 aliphatic carbocycles. The fourth-order valence-electron chi connectivity index (χ4n) is 3.79. The molecule has 2 aliphatic rings. The molecular formula is C21H33N3O2. The lowest BCUT2D eigenvalue weighted by atomic mass is 9.97. The Hall–Kier alpha value is -1.43. The van der Waals surface area contributed by atoms with Crippen molar-refractivity contribution in [3.05, 3.63) is 35.9 Å². The Balaban J connectivity index is 1.40. The molecule has 1 aromatic carbocycles. The van der Waals surface area contributed by atoms with Crippen molar-refractivity contribution >= 4 is 5.97 Å². The van der Waals surface area contributed by atoms with Crippen LogP contribution in [0.1, 0.15) is 39.2 Å². The number of benzene rings is 1. The van der Waals surface area contributed by atoms with E-state index in [1.54, 1.807) is 0 Å². The first-order valence-corrected chi connectivity index (χ1v) is 9.90. The van der Waals surface area contributed by atoms with Crippen LogP contribution in [0.5, 0.6) is 0 Å². The van der Waals surface area contributed by atoms with E-state index in [0.29, 0.717) is 0 Å². The summed E-state index contributed by atoms with van der Waals surface area (Å²) in [5, 5.41) is 4.92. The smallest absolute Gasteiger partial charge is 0.309 e. The van der Waals surface area contributed by atoms with E-state index in [-0.39, 0.29) is 17.5 Å². The zero-order valence-electron chi connectivity index (χ0n) is 16.5. The molecular weight excluding hydrogens is 326 g/mol. The lowest BCUT2D eigenvalue weighted by molar-refractivity contribution is -0.164. The van der Waals surface area contributed by atoms with Crippen LogP contribution in [0.15, 0.2) is 30.3 Å². The molecule has 5 nitrogen and oxygen atoms in total. The molecule has 2 aliphatic heterocycles. The molecule has 2 heterocycles. The zero-order valence-corrected chi connectivity index (χ0v) is 16.5. The maximum atomic E-state index is 12.3. The van der Waals surface area contributed by atoms with Crippen LogP contribution in [0, 0.1) is 5.92 Å². The number of ether oxygens (including phenoxy) is 1. The fourth-order valence-corrected chi connectivity index (χ4v) is 3.79. The number of hydrogen-bond acceptors (Lipinski definition) is 5. The number of carbonyl (C=O) groups excluding carboxylic acids is 1. The van der Waals surface area contributed by atoms with Gasteiger partial charge in [-0.05, 0) is 39.2 Å². The summed E-state index contributed by atoms with van der Waals surface area (Å²) in [4.78, 5) is 14.8. The molecule has 144 valence electrons. The summed E-state index contributed by atoms with van der Waals surface area (Å²) in [5.74, 6) is 0.0367. The van der Waals surface area contributed by atoms with Gasteiger partial charge in [0.05, 0.1) is 5.92 Å². The van der Waals surface area contributed by atoms with Crippen LogP contribution in [-0.4, -0.2) is 65.8 Å². The van der Waals surface area contributed by atoms with Gasteiger partial charge in [-0.25, -0.2) is 10.0 Å². The quantitative estimate of drug-likeness (QED) is 0.773. The third-order valence-corrected chi connectivity index (χ3v) is 5.21. The Morgan fingerprint density at radius 2 is 1.54 bits per heavy atom. The van der Waals surface area contributed by atoms with Gasteiger partial charge in [-0.15, -0.1) is 0 Å². The van der Waals surface area contributed by atoms with Crippen LogP contribution in [0.2, 0.25) is 0 Å². The largest absolute Gasteiger partial charge is 0.460 e. The van der Waals surface area contributed by atoms with Gasteiger partial charge in [0.1, 0.15) is 5.60 Å². The van der Waals surface area contributed by atoms with Crippen molar-refractivity contribution in [3.8, 4) is 0 Å². The topological polar surface area (TPSA) is 36.0 Å². The average Bonchev–Trinajstić information content (AvgIpc) is 2.62. The molecule has 0 amide bonds. The second kappa shape index (κ2) is 8.51. The highest BCUT2D eigenvalue weighted by atomic mass is 16.6. The lowest BCUT2D eigenvalue weighted by Crippen LogP contribution is -2.55. The van der Waals surface area contributed by atoms with Gasteiger partial charge in [0.25, 0.3) is 0 Å². The van der Waals surface area contributed by atoms with Crippen molar-refractivity contribution in [1.29, 1.82) is 0 Å². The molecule has 26 heavy (non-hydrogen) atoms. The summed E-state index contributed by atoms with van der Waals surface area (Å²) in [7, 11) is 0. The number of esters is 1. The Morgan fingerprint density at radius 3 is 2.12 bits per heavy atom. The Bertz CT molecular complexity index is 569. The number of nitrogens with zero attached hydrogens (tertiary/aromatic N) is 3. The summed E-state index contributed by atoms with van der Waals surface area (Å²) in [5.41, 5.74) is 1.00. The lowest BCUT2D eigenvalue weighted by Gasteiger charge is -2.43. The minimum atomic E-state index is -0.386. The number of carbonyl (C=O) groups is 1. The first kappa shape index (κ1) is 19.3. The standard InChI is InChI=1S/C21H33N3O2/c1-21(2,3)26-20(25)19-9-11-23(12-10-19)24-15-13-22(14-16-24)17-18-7-5-4-6-8-18/h4-8,19H,9-17H2,1-3H3. The van der Waals surface area contributed by atoms with Crippen LogP contribution in [-0.2, 0) is 16.1 Å². The molecule has 0 radical (unpaired) electrons. The molecule has 0 spiro atoms. The highest BCUT2D eigenvalue weighted by Crippen LogP contribution is 2.23. The molecule has 1 aromatic rings. The number of piperazine rings is 1. The monoisotopic (exact) mass is 359 g/mol. The van der Waals surface area contributed by atoms with Crippen LogP contribution in [0.4, 0.5) is 0 Å². The highest BCUT2D eigenvalue weighted by molar-refractivity contribution is 5.73. The predicted molar refractivity (Wildman–Crippen MR) is 103 cm³/mol. The van der Waals surface area contributed by atoms with Gasteiger partial charge in [0, 0.05) is 45.8 Å². The second-order valence-corrected chi connectivity index (χ2v) is 8.48. The van der Waals surface area contributed by atoms with E-state index in [4.69, 9.17) is 4.74 Å². The van der Waals surface area contributed by atoms with Gasteiger partial charge in [-0.2, -0.15) is 0 Å². The molecule has 5 heteroatoms. The van der Waals surface area contributed by atoms with Crippen molar-refractivity contribution in [1.82, 2.24) is 14.9 Å². The summed E-state index contributed by atoms with van der Waals surface area (Å²) < 4.78 is 5.55. The van der Waals surface area contributed by atoms with Crippen LogP contribution in [0.3, 0.4) is 0 Å². The maximum absolute atomic E-state index is 12.3. The average molecular weight is 360 g/mol. The van der Waals surface area contributed by atoms with E-state index in [1.807, 2.05) is 20.8 Å². The fraction of sp³-hybridized carbons (Fsp3) is 0.667. The van der Waals surface area contributed by atoms with E-state index in [1.165, 1.54) is 5.56 Å². The number of rotatable bonds is 4. The minimum absolute atomic E-state index is 0.0233. The van der Waals surface area contributed by atoms with Crippen LogP contribution >= 0.6 is 0 Å². The number of hydrogen-bond donors (Lipinski definition) is 0. The van der Waals surface area contributed by atoms with Gasteiger partial charge in [0.15, 0.2) is 0 Å². The van der Waals surface area contributed by atoms with Crippen LogP contribution < -0.4 is 0 Å². The predicted octanol–water partition coefficient (Wildman–Crippen LogP) is 2.77. The molecule has 0 N–H and O–H groups in total. The molecule has 0 saturated carbocycles. The minimum Gasteiger partial charge on any atom is -0.460 e. The van der Waals surface area contributed by atoms with Gasteiger partial charge < -0.3 is 4.74 Å². The normalized spacial score (nSPS) is 21.7. The zero-order chi connectivity index (χ0) is 18.6. The number of hydrazine groups is 1. The summed E-state index contributed by atoms with van der Waals surface area (Å²) in [6.07, 6.45) is 1.80. The summed E-state index contributed by atoms with van der Waals surface area (Å²) in [6.45, 7) is 13.1. The molecule has 2 fully saturated rings. The molecule has 0 aromatic heterocycles. The van der Waals surface area contributed by atoms with Gasteiger partial charge in [-0.1, -0.05) is 30.3 Å². The van der Waals surface area contributed by atoms with Gasteiger partial charge >= 0.3 is 5.97 Å². The highest BCUT2D eigenvalue weighted by Gasteiger charge is 2.31. The number of piperidine rings is 1. The van der Waals surface area contributed by atoms with E-state index in [0.717, 1.165) is 58.7 Å². The molecule has 0 unspecified atom stereocenters. The Morgan fingerprint density at radius 1 is 0.962 bits per heavy atom. The second-order valence-electron chi connectivity index (χ2n) is 8.48. The van der Waals surface area contributed by atoms with E-state index in [9.17, 15) is 4.79 Å². The summed E-state index contributed by atoms with van der Waals surface area (Å²) in [6, 6.07) is 10.7. The van der Waals surface area contributed by atoms with Gasteiger partial charge in [0.2, 0.25) is 0 Å². The van der Waals surface area contributed by atoms with Crippen molar-refractivity contribution in [3.63, 3.8) is 0 Å². The van der Waals surface area contributed by atoms with Crippen molar-refractivity contribution < 1.29 is 9.53 Å². The first-order chi connectivity index (χ1) is 12.4. The van der Waals surface area contributed by atoms with Gasteiger partial charge in [-0.3, -0.25) is 9.69 Å². The SMILES string of the molecule is CC(C)(C)OC(=O)C1CCN(N2CCN(Cc3ccccc3)CC2)CC1. The van der Waals surface area contributed by atoms with Crippen LogP contribution in [0.25, 0.3) is 0 Å². The first-order valence-electron chi connectivity index (χ1n) is 9.90. The van der Waals surface area contributed by atoms with Crippen molar-refractivity contribution in [2.24, 2.45) is 5.92 Å². The Kier molecular flexibility index (Phi) is 6.33. The third-order valence-electron chi connectivity index (χ3n) is 5.21. The molecule has 0 bridgehead atoms. The van der Waals surface area contributed by atoms with E-state index < -0.39 is 0 Å². The molecule has 2 saturated heterocycles.